The molecule has 2 aromatic rings. The summed E-state index contributed by atoms with van der Waals surface area (Å²) >= 11 is 0. The molecule has 1 aliphatic heterocycles. The Morgan fingerprint density at radius 3 is 3.04 bits per heavy atom. The summed E-state index contributed by atoms with van der Waals surface area (Å²) in [4.78, 5) is 33.5. The molecule has 0 radical (unpaired) electrons. The van der Waals surface area contributed by atoms with Crippen molar-refractivity contribution in [3.05, 3.63) is 17.8 Å². The number of aromatic nitrogens is 3. The number of hydrogen-bond acceptors (Lipinski definition) is 6. The summed E-state index contributed by atoms with van der Waals surface area (Å²) in [5.74, 6) is 0.108. The van der Waals surface area contributed by atoms with Crippen LogP contribution in [0.15, 0.2) is 12.3 Å². The topological polar surface area (TPSA) is 115 Å². The molecular weight excluding hydrogens is 300 g/mol. The number of anilines is 1. The Hall–Kier alpha value is -2.84. The smallest absolute Gasteiger partial charge is 0.409 e. The van der Waals surface area contributed by atoms with Crippen molar-refractivity contribution in [2.45, 2.75) is 13.5 Å². The normalized spacial score (nSPS) is 14.3. The molecule has 0 atom stereocenters. The van der Waals surface area contributed by atoms with E-state index in [1.165, 1.54) is 6.20 Å². The highest BCUT2D eigenvalue weighted by molar-refractivity contribution is 5.96. The Morgan fingerprint density at radius 1 is 1.52 bits per heavy atom. The van der Waals surface area contributed by atoms with Crippen LogP contribution in [0.1, 0.15) is 17.3 Å². The van der Waals surface area contributed by atoms with E-state index in [2.05, 4.69) is 15.3 Å². The molecule has 2 aromatic heterocycles. The van der Waals surface area contributed by atoms with Gasteiger partial charge in [0.1, 0.15) is 12.1 Å². The van der Waals surface area contributed by atoms with E-state index < -0.39 is 0 Å². The predicted molar refractivity (Wildman–Crippen MR) is 82.9 cm³/mol. The molecule has 3 rings (SSSR count). The Balaban J connectivity index is 1.65. The molecule has 0 aliphatic carbocycles. The number of nitrogens with zero attached hydrogens (tertiary/aromatic N) is 4. The van der Waals surface area contributed by atoms with E-state index in [1.807, 2.05) is 6.92 Å². The predicted octanol–water partition coefficient (Wildman–Crippen LogP) is 0.215. The second kappa shape index (κ2) is 6.11. The van der Waals surface area contributed by atoms with Crippen LogP contribution < -0.4 is 11.1 Å². The molecule has 0 aromatic carbocycles. The Kier molecular flexibility index (Phi) is 4.00. The fourth-order valence-electron chi connectivity index (χ4n) is 2.50. The van der Waals surface area contributed by atoms with Gasteiger partial charge in [0.25, 0.3) is 5.91 Å². The van der Waals surface area contributed by atoms with Crippen molar-refractivity contribution in [1.82, 2.24) is 24.8 Å². The van der Waals surface area contributed by atoms with Gasteiger partial charge in [-0.15, -0.1) is 0 Å². The number of carbonyl (C=O) groups excluding carboxylic acids is 2. The summed E-state index contributed by atoms with van der Waals surface area (Å²) in [6.07, 6.45) is 1.15. The maximum atomic E-state index is 12.2. The van der Waals surface area contributed by atoms with E-state index in [1.54, 1.807) is 15.5 Å². The van der Waals surface area contributed by atoms with Crippen molar-refractivity contribution < 1.29 is 14.3 Å². The number of pyridine rings is 1. The monoisotopic (exact) mass is 318 g/mol. The van der Waals surface area contributed by atoms with Gasteiger partial charge in [-0.1, -0.05) is 0 Å². The number of fused-ring (bicyclic) bond motifs is 1. The van der Waals surface area contributed by atoms with Crippen LogP contribution in [0.3, 0.4) is 0 Å². The standard InChI is InChI=1S/C14H18N6O3/c1-2-20-11-10(18-13(20)15)7-9(8-17-11)12(21)16-3-4-19-5-6-23-14(19)22/h7-8H,2-6H2,1H3,(H2,15,18)(H,16,21). The van der Waals surface area contributed by atoms with E-state index in [0.29, 0.717) is 55.5 Å². The average Bonchev–Trinajstić information content (AvgIpc) is 3.08. The molecular formula is C14H18N6O3. The molecule has 122 valence electrons. The van der Waals surface area contributed by atoms with Gasteiger partial charge in [-0.05, 0) is 13.0 Å². The van der Waals surface area contributed by atoms with Crippen molar-refractivity contribution in [1.29, 1.82) is 0 Å². The second-order valence-corrected chi connectivity index (χ2v) is 5.14. The van der Waals surface area contributed by atoms with Gasteiger partial charge in [0.2, 0.25) is 5.95 Å². The van der Waals surface area contributed by atoms with Crippen molar-refractivity contribution in [2.75, 3.05) is 32.0 Å². The van der Waals surface area contributed by atoms with Gasteiger partial charge in [-0.25, -0.2) is 14.8 Å². The number of amides is 2. The first kappa shape index (κ1) is 15.1. The third-order valence-corrected chi connectivity index (χ3v) is 3.71. The first-order chi connectivity index (χ1) is 11.1. The minimum atomic E-state index is -0.345. The lowest BCUT2D eigenvalue weighted by atomic mass is 10.2. The van der Waals surface area contributed by atoms with E-state index in [9.17, 15) is 9.59 Å². The molecule has 1 aliphatic rings. The minimum absolute atomic E-state index is 0.267. The van der Waals surface area contributed by atoms with Crippen molar-refractivity contribution >= 4 is 29.1 Å². The number of aryl methyl sites for hydroxylation is 1. The summed E-state index contributed by atoms with van der Waals surface area (Å²) in [5, 5.41) is 2.75. The van der Waals surface area contributed by atoms with Crippen LogP contribution >= 0.6 is 0 Å². The lowest BCUT2D eigenvalue weighted by Gasteiger charge is -2.12. The Labute approximate surface area is 132 Å². The van der Waals surface area contributed by atoms with Gasteiger partial charge >= 0.3 is 6.09 Å². The summed E-state index contributed by atoms with van der Waals surface area (Å²) < 4.78 is 6.60. The Morgan fingerprint density at radius 2 is 2.35 bits per heavy atom. The van der Waals surface area contributed by atoms with Crippen LogP contribution in [0.4, 0.5) is 10.7 Å². The van der Waals surface area contributed by atoms with Gasteiger partial charge < -0.3 is 20.7 Å². The SMILES string of the molecule is CCn1c(N)nc2cc(C(=O)NCCN3CCOC3=O)cnc21. The first-order valence-corrected chi connectivity index (χ1v) is 7.41. The number of rotatable bonds is 5. The van der Waals surface area contributed by atoms with Crippen molar-refractivity contribution in [3.8, 4) is 0 Å². The van der Waals surface area contributed by atoms with Crippen LogP contribution in [-0.4, -0.2) is 57.7 Å². The van der Waals surface area contributed by atoms with Crippen molar-refractivity contribution in [2.24, 2.45) is 0 Å². The zero-order valence-corrected chi connectivity index (χ0v) is 12.8. The second-order valence-electron chi connectivity index (χ2n) is 5.14. The van der Waals surface area contributed by atoms with Gasteiger partial charge in [-0.3, -0.25) is 9.36 Å². The Bertz CT molecular complexity index is 756. The summed E-state index contributed by atoms with van der Waals surface area (Å²) in [6.45, 7) is 4.32. The highest BCUT2D eigenvalue weighted by Gasteiger charge is 2.21. The van der Waals surface area contributed by atoms with E-state index >= 15 is 0 Å². The first-order valence-electron chi connectivity index (χ1n) is 7.41. The number of ether oxygens (including phenoxy) is 1. The van der Waals surface area contributed by atoms with Gasteiger partial charge in [0.05, 0.1) is 12.1 Å². The zero-order valence-electron chi connectivity index (χ0n) is 12.8. The summed E-state index contributed by atoms with van der Waals surface area (Å²) in [7, 11) is 0. The number of hydrogen-bond donors (Lipinski definition) is 2. The highest BCUT2D eigenvalue weighted by Crippen LogP contribution is 2.16. The van der Waals surface area contributed by atoms with Crippen LogP contribution in [-0.2, 0) is 11.3 Å². The summed E-state index contributed by atoms with van der Waals surface area (Å²) in [6, 6.07) is 1.66. The van der Waals surface area contributed by atoms with Gasteiger partial charge in [0, 0.05) is 25.8 Å². The minimum Gasteiger partial charge on any atom is -0.448 e. The fourth-order valence-corrected chi connectivity index (χ4v) is 2.50. The number of nitrogens with one attached hydrogen (secondary N) is 1. The molecule has 2 amide bonds. The maximum absolute atomic E-state index is 12.2. The lowest BCUT2D eigenvalue weighted by Crippen LogP contribution is -2.35. The van der Waals surface area contributed by atoms with Crippen LogP contribution in [0, 0.1) is 0 Å². The molecule has 0 spiro atoms. The number of imidazole rings is 1. The molecule has 9 heteroatoms. The van der Waals surface area contributed by atoms with Crippen LogP contribution in [0.2, 0.25) is 0 Å². The van der Waals surface area contributed by atoms with Crippen molar-refractivity contribution in [3.63, 3.8) is 0 Å². The molecule has 0 saturated carbocycles. The largest absolute Gasteiger partial charge is 0.448 e. The van der Waals surface area contributed by atoms with Gasteiger partial charge in [0.15, 0.2) is 5.65 Å². The van der Waals surface area contributed by atoms with E-state index in [4.69, 9.17) is 10.5 Å². The fraction of sp³-hybridized carbons (Fsp3) is 0.429. The molecule has 9 nitrogen and oxygen atoms in total. The average molecular weight is 318 g/mol. The molecule has 3 heterocycles. The molecule has 0 bridgehead atoms. The van der Waals surface area contributed by atoms with Crippen LogP contribution in [0.5, 0.6) is 0 Å². The number of carbonyl (C=O) groups is 2. The number of nitrogens with two attached hydrogens (primary N) is 1. The third kappa shape index (κ3) is 2.89. The number of nitrogen functional groups attached to an aromatic ring is 1. The number of cyclic esters (lactones) is 1. The molecule has 1 fully saturated rings. The lowest BCUT2D eigenvalue weighted by molar-refractivity contribution is 0.0948. The highest BCUT2D eigenvalue weighted by atomic mass is 16.6. The van der Waals surface area contributed by atoms with E-state index in [0.717, 1.165) is 0 Å². The molecule has 23 heavy (non-hydrogen) atoms. The van der Waals surface area contributed by atoms with Gasteiger partial charge in [-0.2, -0.15) is 0 Å². The third-order valence-electron chi connectivity index (χ3n) is 3.71. The zero-order chi connectivity index (χ0) is 16.4. The molecule has 3 N–H and O–H groups in total. The molecule has 0 unspecified atom stereocenters. The van der Waals surface area contributed by atoms with Crippen LogP contribution in [0.25, 0.3) is 11.2 Å². The molecule has 1 saturated heterocycles. The van der Waals surface area contributed by atoms with E-state index in [-0.39, 0.29) is 12.0 Å². The summed E-state index contributed by atoms with van der Waals surface area (Å²) in [5.41, 5.74) is 7.46. The quantitative estimate of drug-likeness (QED) is 0.814. The maximum Gasteiger partial charge on any atom is 0.409 e.